The zero-order valence-electron chi connectivity index (χ0n) is 70.4. The van der Waals surface area contributed by atoms with Gasteiger partial charge in [-0.05, 0) is 168 Å². The van der Waals surface area contributed by atoms with Crippen LogP contribution in [0.15, 0.2) is 141 Å². The summed E-state index contributed by atoms with van der Waals surface area (Å²) in [6.45, 7) is 37.3. The summed E-state index contributed by atoms with van der Waals surface area (Å²) in [5, 5.41) is 38.6. The number of allylic oxidation sites excluding steroid dienone is 2. The lowest BCUT2D eigenvalue weighted by molar-refractivity contribution is -0.275. The number of rotatable bonds is 17. The Kier molecular flexibility index (Phi) is 69.4. The van der Waals surface area contributed by atoms with Gasteiger partial charge in [-0.25, -0.2) is 9.97 Å². The Morgan fingerprint density at radius 3 is 1.20 bits per heavy atom. The molecule has 0 fully saturated rings. The third-order valence-electron chi connectivity index (χ3n) is 15.2. The number of alkyl halides is 11. The average Bonchev–Trinajstić information content (AvgIpc) is 1.37. The van der Waals surface area contributed by atoms with Gasteiger partial charge < -0.3 is 49.4 Å². The van der Waals surface area contributed by atoms with Gasteiger partial charge in [-0.2, -0.15) is 15.3 Å². The molecular weight excluding hydrogens is 2190 g/mol. The van der Waals surface area contributed by atoms with Gasteiger partial charge in [0.15, 0.2) is 0 Å². The fourth-order valence-electron chi connectivity index (χ4n) is 8.16. The van der Waals surface area contributed by atoms with E-state index in [9.17, 15) is 35.9 Å². The molecule has 22 nitrogen and oxygen atoms in total. The molecule has 9 rings (SSSR count). The highest BCUT2D eigenvalue weighted by molar-refractivity contribution is 14.1. The molecule has 0 amide bonds. The second-order valence-corrected chi connectivity index (χ2v) is 37.0. The van der Waals surface area contributed by atoms with Crippen LogP contribution >= 0.6 is 129 Å². The second-order valence-electron chi connectivity index (χ2n) is 25.5. The number of aliphatic imine (C=N–C) groups is 1. The van der Waals surface area contributed by atoms with Crippen molar-refractivity contribution in [1.29, 1.82) is 0 Å². The van der Waals surface area contributed by atoms with Crippen molar-refractivity contribution >= 4 is 155 Å². The molecule has 36 heteroatoms. The van der Waals surface area contributed by atoms with Crippen LogP contribution in [0.1, 0.15) is 177 Å². The Hall–Kier alpha value is -5.80. The molecule has 0 saturated heterocycles. The molecule has 0 aliphatic rings. The maximum Gasteiger partial charge on any atom is 0.573 e. The number of ether oxygens (including phenoxy) is 4. The van der Waals surface area contributed by atoms with Crippen LogP contribution in [0.4, 0.5) is 26.3 Å². The SMILES string of the molecule is C.C.C.C.CCC(C)I.CCC(C)I.CCC(C)I.CCC(C)I.CCC(C)I.CN=CC(Br)=C(C)N.COc1cc(C)c(-c2cn(C)nc2C)cn1.COc1cc(C)c(O[B]O)cn1.Cc1cc(=O)[nH]cc1-c1cn(C)nc1C.Cc1cc(=O)n(-c2ccc(OC(F)(F)F)cc2)cc1-c1cn(C)nc1C.OB(O)c1ccc(OC(F)(F)F)cc1. The summed E-state index contributed by atoms with van der Waals surface area (Å²) < 4.78 is 106. The van der Waals surface area contributed by atoms with E-state index in [0.29, 0.717) is 30.9 Å². The first-order valence-electron chi connectivity index (χ1n) is 36.4. The van der Waals surface area contributed by atoms with Crippen LogP contribution in [0.5, 0.6) is 29.0 Å². The quantitative estimate of drug-likeness (QED) is 0.0186. The van der Waals surface area contributed by atoms with Gasteiger partial charge in [0.25, 0.3) is 5.56 Å². The highest BCUT2D eigenvalue weighted by Gasteiger charge is 2.32. The van der Waals surface area contributed by atoms with Gasteiger partial charge in [0.05, 0.1) is 42.0 Å². The van der Waals surface area contributed by atoms with Crippen LogP contribution in [0, 0.1) is 48.5 Å². The number of nitrogens with zero attached hydrogens (tertiary/aromatic N) is 10. The Balaban J connectivity index is -0.000000312. The molecule has 0 spiro atoms. The topological polar surface area (TPSA) is 279 Å². The summed E-state index contributed by atoms with van der Waals surface area (Å²) in [5.74, 6) is 0.936. The van der Waals surface area contributed by atoms with E-state index in [1.165, 1.54) is 73.2 Å². The number of H-pyrrole nitrogens is 1. The summed E-state index contributed by atoms with van der Waals surface area (Å²) in [5.41, 5.74) is 18.9. The number of halogens is 12. The van der Waals surface area contributed by atoms with Crippen LogP contribution in [-0.2, 0) is 21.1 Å². The number of aromatic nitrogens is 10. The summed E-state index contributed by atoms with van der Waals surface area (Å²) in [6, 6.07) is 16.1. The van der Waals surface area contributed by atoms with Crippen molar-refractivity contribution in [3.05, 3.63) is 186 Å². The molecule has 7 heterocycles. The van der Waals surface area contributed by atoms with Crippen LogP contribution in [-0.4, -0.2) is 139 Å². The van der Waals surface area contributed by atoms with Crippen molar-refractivity contribution < 1.29 is 65.0 Å². The monoisotopic (exact) mass is 2320 g/mol. The highest BCUT2D eigenvalue weighted by atomic mass is 127. The Morgan fingerprint density at radius 1 is 0.567 bits per heavy atom. The van der Waals surface area contributed by atoms with E-state index < -0.39 is 25.6 Å². The Labute approximate surface area is 788 Å². The molecule has 2 aromatic carbocycles. The van der Waals surface area contributed by atoms with Crippen molar-refractivity contribution in [1.82, 2.24) is 48.9 Å². The number of hydrogen-bond donors (Lipinski definition) is 5. The molecule has 7 aromatic heterocycles. The van der Waals surface area contributed by atoms with E-state index >= 15 is 0 Å². The van der Waals surface area contributed by atoms with E-state index in [2.05, 4.69) is 243 Å². The zero-order valence-corrected chi connectivity index (χ0v) is 82.8. The number of hydrogen-bond acceptors (Lipinski definition) is 17. The van der Waals surface area contributed by atoms with Gasteiger partial charge in [-0.3, -0.25) is 33.2 Å². The Morgan fingerprint density at radius 2 is 0.908 bits per heavy atom. The first-order valence-corrected chi connectivity index (χ1v) is 43.5. The number of aryl methyl sites for hydroxylation is 10. The number of nitrogens with one attached hydrogen (secondary N) is 1. The minimum atomic E-state index is -4.76. The van der Waals surface area contributed by atoms with E-state index in [-0.39, 0.29) is 52.0 Å². The minimum Gasteiger partial charge on any atom is -0.536 e. The molecule has 120 heavy (non-hydrogen) atoms. The predicted octanol–water partition coefficient (Wildman–Crippen LogP) is 22.7. The number of benzene rings is 2. The molecule has 0 aliphatic heterocycles. The third-order valence-corrected chi connectivity index (χ3v) is 20.5. The fraction of sp³-hybridized carbons (Fsp3) is 0.476. The zero-order chi connectivity index (χ0) is 89.5. The van der Waals surface area contributed by atoms with Crippen LogP contribution < -0.4 is 45.9 Å². The maximum absolute atomic E-state index is 12.4. The smallest absolute Gasteiger partial charge is 0.536 e. The van der Waals surface area contributed by atoms with Crippen LogP contribution in [0.3, 0.4) is 0 Å². The van der Waals surface area contributed by atoms with E-state index in [1.807, 2.05) is 105 Å². The molecule has 0 aliphatic carbocycles. The van der Waals surface area contributed by atoms with Crippen molar-refractivity contribution in [2.45, 2.75) is 219 Å². The first kappa shape index (κ1) is 125. The van der Waals surface area contributed by atoms with Crippen molar-refractivity contribution in [3.63, 3.8) is 0 Å². The Bertz CT molecular complexity index is 4380. The number of nitrogens with two attached hydrogens (primary N) is 1. The third kappa shape index (κ3) is 54.7. The van der Waals surface area contributed by atoms with Crippen LogP contribution in [0.2, 0.25) is 0 Å². The summed E-state index contributed by atoms with van der Waals surface area (Å²) in [7, 11) is 9.40. The molecule has 0 bridgehead atoms. The molecule has 0 saturated carbocycles. The van der Waals surface area contributed by atoms with Crippen molar-refractivity contribution in [3.8, 4) is 68.1 Å². The van der Waals surface area contributed by atoms with E-state index in [0.717, 1.165) is 127 Å². The van der Waals surface area contributed by atoms with Gasteiger partial charge >= 0.3 is 27.5 Å². The molecule has 6 N–H and O–H groups in total. The molecular formula is C84H129B2BrF6I5N12O10. The molecule has 5 unspecified atom stereocenters. The lowest BCUT2D eigenvalue weighted by Crippen LogP contribution is -2.29. The largest absolute Gasteiger partial charge is 0.573 e. The first-order chi connectivity index (χ1) is 54.0. The fourth-order valence-corrected chi connectivity index (χ4v) is 8.37. The number of methoxy groups -OCH3 is 2. The van der Waals surface area contributed by atoms with Crippen molar-refractivity contribution in [2.24, 2.45) is 31.9 Å². The van der Waals surface area contributed by atoms with Crippen LogP contribution in [0.25, 0.3) is 39.1 Å². The van der Waals surface area contributed by atoms with Gasteiger partial charge in [0.2, 0.25) is 17.3 Å². The second kappa shape index (κ2) is 66.7. The number of aromatic amines is 1. The van der Waals surface area contributed by atoms with Gasteiger partial charge in [0, 0.05) is 160 Å². The van der Waals surface area contributed by atoms with Gasteiger partial charge in [0.1, 0.15) is 17.2 Å². The minimum absolute atomic E-state index is 0. The number of pyridine rings is 4. The molecule has 5 atom stereocenters. The lowest BCUT2D eigenvalue weighted by Gasteiger charge is -2.12. The van der Waals surface area contributed by atoms with Crippen molar-refractivity contribution in [2.75, 3.05) is 21.3 Å². The predicted molar refractivity (Wildman–Crippen MR) is 535 cm³/mol. The summed E-state index contributed by atoms with van der Waals surface area (Å²) in [4.78, 5) is 38.0. The molecule has 9 aromatic rings. The summed E-state index contributed by atoms with van der Waals surface area (Å²) in [6.07, 6.45) is 11.2. The molecule has 1 radical (unpaired) electrons. The molecule has 675 valence electrons. The average molecular weight is 2320 g/mol. The standard InChI is InChI=1S/C18H16F3N3O2.C12H15N3O.C11H13N3O.C7H6BF3O3.C7H9BNO3.C5H9BrN2.5C4H9I.4CH4/c1-11-8-17(25)24(10-15(11)16-9-23(3)22-12(16)2)13-4-6-14(7-5-13)26-18(19,20)21;1-8-5-12(16-4)13-6-10(8)11-7-15(3)14-9(11)2;1-7-4-11(15)12-5-9(7)10-6-14(3)13-8(10)2;9-7(10,11)14-6-3-1-5(2-4-6)8(12)13;1-5-3-7(11-2)9-4-6(5)12-8-10;1-4(7)5(6)3-8-2;5*1-3-4(2)5;;;;/h4-10H,1-3H3;5-7H,1-4H3;4-6H,1-3H3,(H,12,15);1-4,12-13H;3-4,10H,1-2H3;3H,7H2,1-2H3;5*4H,3H2,1-2H3;4*1H4. The normalized spacial score (nSPS) is 11.6. The highest BCUT2D eigenvalue weighted by Crippen LogP contribution is 2.30. The van der Waals surface area contributed by atoms with Gasteiger partial charge in [-0.15, -0.1) is 26.3 Å². The lowest BCUT2D eigenvalue weighted by atomic mass is 9.80. The summed E-state index contributed by atoms with van der Waals surface area (Å²) >= 11 is 15.2. The maximum atomic E-state index is 12.4. The van der Waals surface area contributed by atoms with E-state index in [4.69, 9.17) is 34.9 Å². The van der Waals surface area contributed by atoms with E-state index in [1.54, 1.807) is 68.4 Å². The van der Waals surface area contributed by atoms with Gasteiger partial charge in [-0.1, -0.05) is 224 Å².